The highest BCUT2D eigenvalue weighted by Crippen LogP contribution is 2.21. The smallest absolute Gasteiger partial charge is 0.142 e. The zero-order valence-electron chi connectivity index (χ0n) is 5.64. The molecule has 0 unspecified atom stereocenters. The van der Waals surface area contributed by atoms with Gasteiger partial charge in [-0.25, -0.2) is 4.39 Å². The van der Waals surface area contributed by atoms with E-state index in [0.717, 1.165) is 6.07 Å². The summed E-state index contributed by atoms with van der Waals surface area (Å²) in [5.41, 5.74) is 6.05. The number of aliphatic hydroxyl groups excluding tert-OH is 1. The number of nitrogen functional groups attached to an aromatic ring is 1. The first-order chi connectivity index (χ1) is 5.15. The minimum atomic E-state index is -0.565. The van der Waals surface area contributed by atoms with Gasteiger partial charge in [0.2, 0.25) is 0 Å². The lowest BCUT2D eigenvalue weighted by Crippen LogP contribution is -1.95. The van der Waals surface area contributed by atoms with Gasteiger partial charge in [0.05, 0.1) is 11.6 Å². The number of aliphatic hydroxyl groups is 1. The van der Waals surface area contributed by atoms with Gasteiger partial charge in [-0.3, -0.25) is 0 Å². The van der Waals surface area contributed by atoms with Crippen LogP contribution in [0.3, 0.4) is 0 Å². The largest absolute Gasteiger partial charge is 0.398 e. The van der Waals surface area contributed by atoms with Gasteiger partial charge < -0.3 is 10.8 Å². The Morgan fingerprint density at radius 3 is 2.73 bits per heavy atom. The zero-order chi connectivity index (χ0) is 8.43. The highest BCUT2D eigenvalue weighted by Gasteiger charge is 2.04. The van der Waals surface area contributed by atoms with E-state index in [0.29, 0.717) is 11.3 Å². The van der Waals surface area contributed by atoms with E-state index in [2.05, 4.69) is 0 Å². The molecule has 2 nitrogen and oxygen atoms in total. The summed E-state index contributed by atoms with van der Waals surface area (Å²) in [5.74, 6) is -0.565. The number of hydrogen-bond donors (Lipinski definition) is 2. The van der Waals surface area contributed by atoms with Crippen molar-refractivity contribution < 1.29 is 9.50 Å². The molecule has 1 aromatic carbocycles. The van der Waals surface area contributed by atoms with Gasteiger partial charge in [-0.15, -0.1) is 0 Å². The first kappa shape index (κ1) is 8.30. The van der Waals surface area contributed by atoms with Crippen LogP contribution in [0.1, 0.15) is 5.56 Å². The van der Waals surface area contributed by atoms with Gasteiger partial charge in [-0.1, -0.05) is 11.6 Å². The van der Waals surface area contributed by atoms with Gasteiger partial charge in [-0.2, -0.15) is 0 Å². The molecule has 0 heterocycles. The lowest BCUT2D eigenvalue weighted by Gasteiger charge is -2.02. The zero-order valence-corrected chi connectivity index (χ0v) is 6.40. The average molecular weight is 176 g/mol. The second-order valence-electron chi connectivity index (χ2n) is 2.12. The fourth-order valence-electron chi connectivity index (χ4n) is 0.740. The van der Waals surface area contributed by atoms with Gasteiger partial charge in [-0.05, 0) is 12.1 Å². The van der Waals surface area contributed by atoms with Crippen molar-refractivity contribution >= 4 is 17.3 Å². The number of halogens is 2. The molecule has 0 aromatic heterocycles. The summed E-state index contributed by atoms with van der Waals surface area (Å²) in [7, 11) is 0. The standard InChI is InChI=1S/C7H7ClFNO/c8-5-2-7(10)4(3-11)1-6(5)9/h1-2,11H,3,10H2. The van der Waals surface area contributed by atoms with Crippen molar-refractivity contribution in [1.29, 1.82) is 0 Å². The van der Waals surface area contributed by atoms with Gasteiger partial charge in [0.1, 0.15) is 5.82 Å². The highest BCUT2D eigenvalue weighted by atomic mass is 35.5. The highest BCUT2D eigenvalue weighted by molar-refractivity contribution is 6.31. The maximum Gasteiger partial charge on any atom is 0.142 e. The Morgan fingerprint density at radius 1 is 1.55 bits per heavy atom. The maximum atomic E-state index is 12.6. The molecule has 3 N–H and O–H groups in total. The van der Waals surface area contributed by atoms with Crippen LogP contribution >= 0.6 is 11.6 Å². The molecule has 0 radical (unpaired) electrons. The second-order valence-corrected chi connectivity index (χ2v) is 2.53. The Hall–Kier alpha value is -0.800. The molecule has 0 bridgehead atoms. The van der Waals surface area contributed by atoms with Crippen LogP contribution in [0.25, 0.3) is 0 Å². The fourth-order valence-corrected chi connectivity index (χ4v) is 0.912. The summed E-state index contributed by atoms with van der Waals surface area (Å²) < 4.78 is 12.6. The van der Waals surface area contributed by atoms with Crippen molar-refractivity contribution in [2.24, 2.45) is 0 Å². The summed E-state index contributed by atoms with van der Waals surface area (Å²) in [5, 5.41) is 8.62. The third kappa shape index (κ3) is 1.61. The molecular formula is C7H7ClFNO. The van der Waals surface area contributed by atoms with Crippen molar-refractivity contribution in [1.82, 2.24) is 0 Å². The second kappa shape index (κ2) is 3.07. The molecule has 0 atom stereocenters. The van der Waals surface area contributed by atoms with Crippen LogP contribution in [-0.2, 0) is 6.61 Å². The van der Waals surface area contributed by atoms with Gasteiger partial charge in [0, 0.05) is 11.3 Å². The molecule has 60 valence electrons. The van der Waals surface area contributed by atoms with Crippen molar-refractivity contribution in [3.63, 3.8) is 0 Å². The van der Waals surface area contributed by atoms with Crippen LogP contribution in [-0.4, -0.2) is 5.11 Å². The monoisotopic (exact) mass is 175 g/mol. The predicted molar refractivity (Wildman–Crippen MR) is 41.7 cm³/mol. The Bertz CT molecular complexity index is 277. The molecule has 0 aliphatic carbocycles. The molecule has 1 rings (SSSR count). The van der Waals surface area contributed by atoms with Gasteiger partial charge in [0.15, 0.2) is 0 Å². The number of benzene rings is 1. The maximum absolute atomic E-state index is 12.6. The summed E-state index contributed by atoms with van der Waals surface area (Å²) in [6, 6.07) is 2.40. The van der Waals surface area contributed by atoms with Crippen LogP contribution in [0.15, 0.2) is 12.1 Å². The Morgan fingerprint density at radius 2 is 2.18 bits per heavy atom. The minimum absolute atomic E-state index is 0.0281. The lowest BCUT2D eigenvalue weighted by atomic mass is 10.2. The van der Waals surface area contributed by atoms with Crippen LogP contribution in [0, 0.1) is 5.82 Å². The topological polar surface area (TPSA) is 46.2 Å². The number of anilines is 1. The summed E-state index contributed by atoms with van der Waals surface area (Å²) in [6.45, 7) is -0.278. The Balaban J connectivity index is 3.21. The third-order valence-electron chi connectivity index (χ3n) is 1.35. The van der Waals surface area contributed by atoms with Crippen LogP contribution in [0.2, 0.25) is 5.02 Å². The molecular weight excluding hydrogens is 169 g/mol. The first-order valence-corrected chi connectivity index (χ1v) is 3.37. The van der Waals surface area contributed by atoms with E-state index in [9.17, 15) is 4.39 Å². The molecule has 0 saturated carbocycles. The Labute approximate surface area is 68.4 Å². The van der Waals surface area contributed by atoms with E-state index in [1.54, 1.807) is 0 Å². The summed E-state index contributed by atoms with van der Waals surface area (Å²) >= 11 is 5.41. The molecule has 1 aromatic rings. The molecule has 11 heavy (non-hydrogen) atoms. The van der Waals surface area contributed by atoms with E-state index in [1.165, 1.54) is 6.07 Å². The average Bonchev–Trinajstić information content (AvgIpc) is 1.97. The minimum Gasteiger partial charge on any atom is -0.398 e. The molecule has 0 aliphatic rings. The van der Waals surface area contributed by atoms with Crippen LogP contribution in [0.5, 0.6) is 0 Å². The van der Waals surface area contributed by atoms with E-state index in [1.807, 2.05) is 0 Å². The fraction of sp³-hybridized carbons (Fsp3) is 0.143. The third-order valence-corrected chi connectivity index (χ3v) is 1.64. The molecule has 0 amide bonds. The van der Waals surface area contributed by atoms with Gasteiger partial charge >= 0.3 is 0 Å². The van der Waals surface area contributed by atoms with E-state index < -0.39 is 5.82 Å². The predicted octanol–water partition coefficient (Wildman–Crippen LogP) is 1.55. The molecule has 0 saturated heterocycles. The van der Waals surface area contributed by atoms with E-state index >= 15 is 0 Å². The van der Waals surface area contributed by atoms with Crippen molar-refractivity contribution in [2.45, 2.75) is 6.61 Å². The van der Waals surface area contributed by atoms with Crippen molar-refractivity contribution in [3.8, 4) is 0 Å². The lowest BCUT2D eigenvalue weighted by molar-refractivity contribution is 0.282. The van der Waals surface area contributed by atoms with E-state index in [-0.39, 0.29) is 11.6 Å². The van der Waals surface area contributed by atoms with E-state index in [4.69, 9.17) is 22.4 Å². The molecule has 0 fully saturated rings. The van der Waals surface area contributed by atoms with Crippen molar-refractivity contribution in [2.75, 3.05) is 5.73 Å². The summed E-state index contributed by atoms with van der Waals surface area (Å²) in [6.07, 6.45) is 0. The number of rotatable bonds is 1. The molecule has 4 heteroatoms. The molecule has 0 aliphatic heterocycles. The van der Waals surface area contributed by atoms with Crippen LogP contribution in [0.4, 0.5) is 10.1 Å². The van der Waals surface area contributed by atoms with Crippen molar-refractivity contribution in [3.05, 3.63) is 28.5 Å². The quantitative estimate of drug-likeness (QED) is 0.637. The Kier molecular flexibility index (Phi) is 2.31. The van der Waals surface area contributed by atoms with Gasteiger partial charge in [0.25, 0.3) is 0 Å². The SMILES string of the molecule is Nc1cc(Cl)c(F)cc1CO. The summed E-state index contributed by atoms with van der Waals surface area (Å²) in [4.78, 5) is 0. The van der Waals surface area contributed by atoms with Crippen LogP contribution < -0.4 is 5.73 Å². The first-order valence-electron chi connectivity index (χ1n) is 2.99. The molecule has 0 spiro atoms. The number of nitrogens with two attached hydrogens (primary N) is 1. The normalized spacial score (nSPS) is 10.1. The number of hydrogen-bond acceptors (Lipinski definition) is 2.